The molecule has 0 saturated heterocycles. The Balaban J connectivity index is 2.00. The van der Waals surface area contributed by atoms with Crippen LogP contribution in [0.1, 0.15) is 5.56 Å². The van der Waals surface area contributed by atoms with Gasteiger partial charge in [0.1, 0.15) is 17.7 Å². The molecule has 0 fully saturated rings. The maximum Gasteiger partial charge on any atom is 0.231 e. The maximum absolute atomic E-state index is 8.51. The minimum Gasteiger partial charge on any atom is -0.454 e. The fourth-order valence-corrected chi connectivity index (χ4v) is 1.38. The number of benzene rings is 1. The summed E-state index contributed by atoms with van der Waals surface area (Å²) in [6.07, 6.45) is 4.76. The van der Waals surface area contributed by atoms with E-state index in [0.717, 1.165) is 11.3 Å². The van der Waals surface area contributed by atoms with Gasteiger partial charge in [0.25, 0.3) is 0 Å². The highest BCUT2D eigenvalue weighted by atomic mass is 16.7. The van der Waals surface area contributed by atoms with Crippen LogP contribution in [-0.2, 0) is 0 Å². The van der Waals surface area contributed by atoms with E-state index < -0.39 is 0 Å². The van der Waals surface area contributed by atoms with Crippen LogP contribution in [0.15, 0.2) is 36.2 Å². The Labute approximate surface area is 104 Å². The van der Waals surface area contributed by atoms with Gasteiger partial charge in [0, 0.05) is 12.4 Å². The highest BCUT2D eigenvalue weighted by Crippen LogP contribution is 2.32. The van der Waals surface area contributed by atoms with Crippen LogP contribution >= 0.6 is 0 Å². The van der Waals surface area contributed by atoms with E-state index >= 15 is 0 Å². The van der Waals surface area contributed by atoms with Crippen LogP contribution in [0.5, 0.6) is 11.5 Å². The van der Waals surface area contributed by atoms with Gasteiger partial charge in [0.05, 0.1) is 0 Å². The molecule has 0 bridgehead atoms. The van der Waals surface area contributed by atoms with Gasteiger partial charge in [-0.15, -0.1) is 0 Å². The molecule has 1 aliphatic rings. The van der Waals surface area contributed by atoms with Crippen molar-refractivity contribution in [3.05, 3.63) is 41.7 Å². The molecule has 5 heteroatoms. The van der Waals surface area contributed by atoms with Crippen LogP contribution in [0, 0.1) is 22.7 Å². The Hall–Kier alpha value is -2.92. The second kappa shape index (κ2) is 5.42. The van der Waals surface area contributed by atoms with E-state index in [1.165, 1.54) is 6.20 Å². The normalized spacial score (nSPS) is 11.7. The number of rotatable bonds is 3. The fraction of sp³-hybridized carbons (Fsp3) is 0.0769. The van der Waals surface area contributed by atoms with E-state index in [1.54, 1.807) is 24.4 Å². The summed E-state index contributed by atoms with van der Waals surface area (Å²) in [6, 6.07) is 9.06. The van der Waals surface area contributed by atoms with Crippen molar-refractivity contribution < 1.29 is 9.47 Å². The maximum atomic E-state index is 8.51. The summed E-state index contributed by atoms with van der Waals surface area (Å²) in [5.74, 6) is 1.44. The summed E-state index contributed by atoms with van der Waals surface area (Å²) >= 11 is 0. The Morgan fingerprint density at radius 2 is 2.00 bits per heavy atom. The van der Waals surface area contributed by atoms with Gasteiger partial charge >= 0.3 is 0 Å². The molecule has 0 radical (unpaired) electrons. The van der Waals surface area contributed by atoms with E-state index in [2.05, 4.69) is 5.32 Å². The van der Waals surface area contributed by atoms with Crippen molar-refractivity contribution in [2.75, 3.05) is 6.79 Å². The molecule has 1 aromatic carbocycles. The molecule has 1 aromatic rings. The van der Waals surface area contributed by atoms with Crippen molar-refractivity contribution in [2.45, 2.75) is 0 Å². The van der Waals surface area contributed by atoms with E-state index in [9.17, 15) is 0 Å². The standard InChI is InChI=1S/C13H9N3O2/c14-6-11(7-15)8-16-4-3-10-1-2-12-13(5-10)18-9-17-12/h1-5,8,16H,9H2/b4-3+. The van der Waals surface area contributed by atoms with Crippen molar-refractivity contribution in [1.82, 2.24) is 5.32 Å². The average Bonchev–Trinajstić information content (AvgIpc) is 2.86. The van der Waals surface area contributed by atoms with Crippen LogP contribution < -0.4 is 14.8 Å². The van der Waals surface area contributed by atoms with Gasteiger partial charge in [-0.25, -0.2) is 0 Å². The molecule has 1 N–H and O–H groups in total. The van der Waals surface area contributed by atoms with Crippen LogP contribution in [-0.4, -0.2) is 6.79 Å². The average molecular weight is 239 g/mol. The van der Waals surface area contributed by atoms with Crippen molar-refractivity contribution in [1.29, 1.82) is 10.5 Å². The Bertz CT molecular complexity index is 575. The molecule has 1 aliphatic heterocycles. The number of nitrogens with one attached hydrogen (secondary N) is 1. The first-order chi connectivity index (χ1) is 8.83. The fourth-order valence-electron chi connectivity index (χ4n) is 1.38. The van der Waals surface area contributed by atoms with Crippen molar-refractivity contribution in [2.24, 2.45) is 0 Å². The minimum absolute atomic E-state index is 0.0188. The third-order valence-corrected chi connectivity index (χ3v) is 2.24. The third-order valence-electron chi connectivity index (χ3n) is 2.24. The van der Waals surface area contributed by atoms with Crippen LogP contribution in [0.25, 0.3) is 6.08 Å². The van der Waals surface area contributed by atoms with Crippen LogP contribution in [0.3, 0.4) is 0 Å². The molecule has 0 spiro atoms. The summed E-state index contributed by atoms with van der Waals surface area (Å²) in [5, 5.41) is 19.8. The molecule has 2 rings (SSSR count). The first-order valence-electron chi connectivity index (χ1n) is 5.16. The first-order valence-corrected chi connectivity index (χ1v) is 5.16. The molecule has 0 amide bonds. The molecule has 18 heavy (non-hydrogen) atoms. The number of hydrogen-bond donors (Lipinski definition) is 1. The van der Waals surface area contributed by atoms with Crippen LogP contribution in [0.2, 0.25) is 0 Å². The lowest BCUT2D eigenvalue weighted by Gasteiger charge is -1.97. The predicted molar refractivity (Wildman–Crippen MR) is 64.0 cm³/mol. The van der Waals surface area contributed by atoms with Gasteiger partial charge in [0.15, 0.2) is 11.5 Å². The monoisotopic (exact) mass is 239 g/mol. The zero-order chi connectivity index (χ0) is 12.8. The van der Waals surface area contributed by atoms with E-state index in [-0.39, 0.29) is 12.4 Å². The SMILES string of the molecule is N#CC(C#N)=CN/C=C/c1ccc2c(c1)OCO2. The lowest BCUT2D eigenvalue weighted by atomic mass is 10.2. The third kappa shape index (κ3) is 2.60. The molecule has 88 valence electrons. The quantitative estimate of drug-likeness (QED) is 0.815. The summed E-state index contributed by atoms with van der Waals surface area (Å²) in [4.78, 5) is 0. The number of ether oxygens (including phenoxy) is 2. The van der Waals surface area contributed by atoms with Crippen molar-refractivity contribution in [3.63, 3.8) is 0 Å². The number of nitrogens with zero attached hydrogens (tertiary/aromatic N) is 2. The number of allylic oxidation sites excluding steroid dienone is 1. The summed E-state index contributed by atoms with van der Waals surface area (Å²) in [5.41, 5.74) is 0.945. The number of nitriles is 2. The van der Waals surface area contributed by atoms with Gasteiger partial charge < -0.3 is 14.8 Å². The zero-order valence-corrected chi connectivity index (χ0v) is 9.38. The van der Waals surface area contributed by atoms with Gasteiger partial charge in [-0.1, -0.05) is 6.07 Å². The lowest BCUT2D eigenvalue weighted by Crippen LogP contribution is -1.93. The zero-order valence-electron chi connectivity index (χ0n) is 9.38. The van der Waals surface area contributed by atoms with Gasteiger partial charge in [-0.3, -0.25) is 0 Å². The highest BCUT2D eigenvalue weighted by molar-refractivity contribution is 5.56. The van der Waals surface area contributed by atoms with Crippen molar-refractivity contribution in [3.8, 4) is 23.6 Å². The Morgan fingerprint density at radius 3 is 2.78 bits per heavy atom. The molecule has 0 aliphatic carbocycles. The summed E-state index contributed by atoms with van der Waals surface area (Å²) in [6.45, 7) is 0.247. The largest absolute Gasteiger partial charge is 0.454 e. The topological polar surface area (TPSA) is 78.1 Å². The summed E-state index contributed by atoms with van der Waals surface area (Å²) < 4.78 is 10.4. The Kier molecular flexibility index (Phi) is 3.48. The molecule has 0 aromatic heterocycles. The molecule has 5 nitrogen and oxygen atoms in total. The molecular formula is C13H9N3O2. The molecule has 1 heterocycles. The minimum atomic E-state index is 0.0188. The second-order valence-corrected chi connectivity index (χ2v) is 3.39. The highest BCUT2D eigenvalue weighted by Gasteiger charge is 2.11. The predicted octanol–water partition coefficient (Wildman–Crippen LogP) is 1.91. The number of fused-ring (bicyclic) bond motifs is 1. The van der Waals surface area contributed by atoms with E-state index in [1.807, 2.05) is 18.2 Å². The van der Waals surface area contributed by atoms with E-state index in [0.29, 0.717) is 5.75 Å². The summed E-state index contributed by atoms with van der Waals surface area (Å²) in [7, 11) is 0. The number of hydrogen-bond acceptors (Lipinski definition) is 5. The lowest BCUT2D eigenvalue weighted by molar-refractivity contribution is 0.174. The van der Waals surface area contributed by atoms with Gasteiger partial charge in [-0.05, 0) is 23.8 Å². The van der Waals surface area contributed by atoms with E-state index in [4.69, 9.17) is 20.0 Å². The van der Waals surface area contributed by atoms with Crippen molar-refractivity contribution >= 4 is 6.08 Å². The second-order valence-electron chi connectivity index (χ2n) is 3.39. The van der Waals surface area contributed by atoms with Crippen LogP contribution in [0.4, 0.5) is 0 Å². The first kappa shape index (κ1) is 11.6. The molecular weight excluding hydrogens is 230 g/mol. The molecule has 0 saturated carbocycles. The van der Waals surface area contributed by atoms with Gasteiger partial charge in [-0.2, -0.15) is 10.5 Å². The smallest absolute Gasteiger partial charge is 0.231 e. The molecule has 0 unspecified atom stereocenters. The molecule has 0 atom stereocenters. The van der Waals surface area contributed by atoms with Gasteiger partial charge in [0.2, 0.25) is 6.79 Å². The Morgan fingerprint density at radius 1 is 1.22 bits per heavy atom.